The Bertz CT molecular complexity index is 806. The fraction of sp³-hybridized carbons (Fsp3) is 0.200. The first kappa shape index (κ1) is 14.2. The zero-order chi connectivity index (χ0) is 15.0. The third kappa shape index (κ3) is 2.57. The van der Waals surface area contributed by atoms with Crippen molar-refractivity contribution in [2.75, 3.05) is 5.32 Å². The zero-order valence-corrected chi connectivity index (χ0v) is 13.2. The third-order valence-corrected chi connectivity index (χ3v) is 4.37. The van der Waals surface area contributed by atoms with E-state index in [4.69, 9.17) is 23.2 Å². The van der Waals surface area contributed by atoms with Gasteiger partial charge in [0.1, 0.15) is 17.3 Å². The lowest BCUT2D eigenvalue weighted by Crippen LogP contribution is -2.06. The van der Waals surface area contributed by atoms with Gasteiger partial charge in [0.05, 0.1) is 17.1 Å². The quantitative estimate of drug-likeness (QED) is 0.786. The number of hydrogen-bond acceptors (Lipinski definition) is 3. The van der Waals surface area contributed by atoms with Gasteiger partial charge in [-0.25, -0.2) is 9.97 Å². The molecule has 0 aliphatic carbocycles. The van der Waals surface area contributed by atoms with Gasteiger partial charge in [0.2, 0.25) is 0 Å². The molecule has 108 valence electrons. The van der Waals surface area contributed by atoms with Gasteiger partial charge in [-0.15, -0.1) is 0 Å². The molecule has 0 aliphatic heterocycles. The van der Waals surface area contributed by atoms with Crippen LogP contribution >= 0.6 is 23.2 Å². The number of nitrogens with zero attached hydrogens (tertiary/aromatic N) is 3. The Labute approximate surface area is 132 Å². The lowest BCUT2D eigenvalue weighted by Gasteiger charge is -2.10. The molecule has 0 spiro atoms. The lowest BCUT2D eigenvalue weighted by atomic mass is 10.1. The largest absolute Gasteiger partial charge is 0.364 e. The van der Waals surface area contributed by atoms with E-state index in [0.29, 0.717) is 16.7 Å². The molecule has 0 atom stereocenters. The molecule has 0 unspecified atom stereocenters. The van der Waals surface area contributed by atoms with Gasteiger partial charge in [0, 0.05) is 18.1 Å². The van der Waals surface area contributed by atoms with E-state index in [0.717, 1.165) is 28.0 Å². The fourth-order valence-corrected chi connectivity index (χ4v) is 2.76. The van der Waals surface area contributed by atoms with Crippen LogP contribution in [0.1, 0.15) is 11.3 Å². The van der Waals surface area contributed by atoms with Crippen LogP contribution in [0, 0.1) is 6.92 Å². The minimum atomic E-state index is 0.539. The summed E-state index contributed by atoms with van der Waals surface area (Å²) in [6.45, 7) is 2.64. The minimum Gasteiger partial charge on any atom is -0.364 e. The summed E-state index contributed by atoms with van der Waals surface area (Å²) < 4.78 is 1.85. The second kappa shape index (κ2) is 5.54. The second-order valence-corrected chi connectivity index (χ2v) is 5.64. The first-order valence-corrected chi connectivity index (χ1v) is 7.27. The Morgan fingerprint density at radius 2 is 2.05 bits per heavy atom. The van der Waals surface area contributed by atoms with Crippen molar-refractivity contribution in [2.45, 2.75) is 13.5 Å². The Hall–Kier alpha value is -1.78. The molecule has 2 aromatic heterocycles. The molecular weight excluding hydrogens is 307 g/mol. The normalized spacial score (nSPS) is 11.0. The average molecular weight is 321 g/mol. The Morgan fingerprint density at radius 3 is 2.76 bits per heavy atom. The molecule has 4 nitrogen and oxygen atoms in total. The molecule has 2 heterocycles. The lowest BCUT2D eigenvalue weighted by molar-refractivity contribution is 0.841. The molecule has 0 saturated carbocycles. The summed E-state index contributed by atoms with van der Waals surface area (Å²) in [6.07, 6.45) is 1.56. The third-order valence-electron chi connectivity index (χ3n) is 3.52. The van der Waals surface area contributed by atoms with Crippen molar-refractivity contribution >= 4 is 39.9 Å². The van der Waals surface area contributed by atoms with Crippen LogP contribution in [0.25, 0.3) is 10.9 Å². The number of anilines is 1. The van der Waals surface area contributed by atoms with E-state index in [-0.39, 0.29) is 0 Å². The minimum absolute atomic E-state index is 0.539. The molecule has 3 rings (SSSR count). The number of aromatic nitrogens is 3. The summed E-state index contributed by atoms with van der Waals surface area (Å²) >= 11 is 12.1. The highest BCUT2D eigenvalue weighted by atomic mass is 35.5. The van der Waals surface area contributed by atoms with Crippen LogP contribution in [-0.4, -0.2) is 14.5 Å². The smallest absolute Gasteiger partial charge is 0.137 e. The number of hydrogen-bond donors (Lipinski definition) is 1. The number of aryl methyl sites for hydroxylation is 1. The van der Waals surface area contributed by atoms with Crippen LogP contribution in [-0.2, 0) is 13.6 Å². The molecule has 3 aromatic rings. The van der Waals surface area contributed by atoms with E-state index in [9.17, 15) is 0 Å². The van der Waals surface area contributed by atoms with Crippen LogP contribution < -0.4 is 5.32 Å². The average Bonchev–Trinajstić information content (AvgIpc) is 2.72. The van der Waals surface area contributed by atoms with Crippen molar-refractivity contribution in [1.29, 1.82) is 0 Å². The Kier molecular flexibility index (Phi) is 3.74. The van der Waals surface area contributed by atoms with Gasteiger partial charge < -0.3 is 9.88 Å². The van der Waals surface area contributed by atoms with Crippen LogP contribution in [0.5, 0.6) is 0 Å². The molecule has 0 aliphatic rings. The monoisotopic (exact) mass is 320 g/mol. The van der Waals surface area contributed by atoms with Crippen molar-refractivity contribution in [2.24, 2.45) is 7.05 Å². The van der Waals surface area contributed by atoms with Crippen molar-refractivity contribution in [3.63, 3.8) is 0 Å². The fourth-order valence-electron chi connectivity index (χ4n) is 2.35. The van der Waals surface area contributed by atoms with Crippen molar-refractivity contribution in [3.8, 4) is 0 Å². The summed E-state index contributed by atoms with van der Waals surface area (Å²) in [7, 11) is 1.88. The summed E-state index contributed by atoms with van der Waals surface area (Å²) in [5, 5.41) is 5.46. The predicted molar refractivity (Wildman–Crippen MR) is 87.0 cm³/mol. The number of nitrogens with one attached hydrogen (secondary N) is 1. The predicted octanol–water partition coefficient (Wildman–Crippen LogP) is 4.20. The van der Waals surface area contributed by atoms with Gasteiger partial charge in [-0.1, -0.05) is 35.3 Å². The molecule has 0 radical (unpaired) electrons. The maximum atomic E-state index is 6.08. The molecule has 1 aromatic carbocycles. The topological polar surface area (TPSA) is 42.7 Å². The van der Waals surface area contributed by atoms with E-state index in [2.05, 4.69) is 15.3 Å². The molecular formula is C15H14Cl2N4. The first-order chi connectivity index (χ1) is 10.1. The van der Waals surface area contributed by atoms with Gasteiger partial charge in [-0.3, -0.25) is 0 Å². The number of rotatable bonds is 3. The first-order valence-electron chi connectivity index (χ1n) is 6.51. The van der Waals surface area contributed by atoms with E-state index in [1.165, 1.54) is 0 Å². The Balaban J connectivity index is 1.94. The number of fused-ring (bicyclic) bond motifs is 1. The van der Waals surface area contributed by atoms with Crippen LogP contribution in [0.3, 0.4) is 0 Å². The number of halogens is 2. The molecule has 0 amide bonds. The highest BCUT2D eigenvalue weighted by molar-refractivity contribution is 6.41. The Morgan fingerprint density at radius 1 is 1.24 bits per heavy atom. The maximum Gasteiger partial charge on any atom is 0.137 e. The van der Waals surface area contributed by atoms with Gasteiger partial charge in [0.15, 0.2) is 0 Å². The highest BCUT2D eigenvalue weighted by Gasteiger charge is 2.10. The molecule has 6 heteroatoms. The summed E-state index contributed by atoms with van der Waals surface area (Å²) in [5.41, 5.74) is 3.05. The molecule has 0 saturated heterocycles. The summed E-state index contributed by atoms with van der Waals surface area (Å²) in [5.74, 6) is 0.812. The molecule has 0 bridgehead atoms. The molecule has 21 heavy (non-hydrogen) atoms. The maximum absolute atomic E-state index is 6.08. The number of benzene rings is 1. The van der Waals surface area contributed by atoms with Gasteiger partial charge in [-0.2, -0.15) is 0 Å². The standard InChI is InChI=1S/C15H14Cl2N4/c1-9-4-3-5-12-13(9)15(20-8-19-12)18-7-10-6-11(16)14(17)21(10)2/h3-6,8H,7H2,1-2H3,(H,18,19,20). The van der Waals surface area contributed by atoms with E-state index in [1.807, 2.05) is 42.8 Å². The molecule has 0 fully saturated rings. The van der Waals surface area contributed by atoms with E-state index in [1.54, 1.807) is 6.33 Å². The highest BCUT2D eigenvalue weighted by Crippen LogP contribution is 2.27. The SMILES string of the molecule is Cc1cccc2ncnc(NCc3cc(Cl)c(Cl)n3C)c12. The van der Waals surface area contributed by atoms with E-state index < -0.39 is 0 Å². The van der Waals surface area contributed by atoms with Gasteiger partial charge in [-0.05, 0) is 24.6 Å². The summed E-state index contributed by atoms with van der Waals surface area (Å²) in [4.78, 5) is 8.64. The van der Waals surface area contributed by atoms with Crippen LogP contribution in [0.4, 0.5) is 5.82 Å². The van der Waals surface area contributed by atoms with Gasteiger partial charge >= 0.3 is 0 Å². The summed E-state index contributed by atoms with van der Waals surface area (Å²) in [6, 6.07) is 7.87. The van der Waals surface area contributed by atoms with Crippen molar-refractivity contribution in [3.05, 3.63) is 52.0 Å². The van der Waals surface area contributed by atoms with Gasteiger partial charge in [0.25, 0.3) is 0 Å². The van der Waals surface area contributed by atoms with E-state index >= 15 is 0 Å². The zero-order valence-electron chi connectivity index (χ0n) is 11.7. The second-order valence-electron chi connectivity index (χ2n) is 4.88. The van der Waals surface area contributed by atoms with Crippen LogP contribution in [0.15, 0.2) is 30.6 Å². The van der Waals surface area contributed by atoms with Crippen molar-refractivity contribution < 1.29 is 0 Å². The molecule has 1 N–H and O–H groups in total. The van der Waals surface area contributed by atoms with Crippen molar-refractivity contribution in [1.82, 2.24) is 14.5 Å². The van der Waals surface area contributed by atoms with Crippen LogP contribution in [0.2, 0.25) is 10.2 Å².